The minimum Gasteiger partial charge on any atom is -0.478 e. The van der Waals surface area contributed by atoms with Gasteiger partial charge in [0.05, 0.1) is 43.6 Å². The summed E-state index contributed by atoms with van der Waals surface area (Å²) in [5, 5.41) is 70.1. The van der Waals surface area contributed by atoms with E-state index in [2.05, 4.69) is 0 Å². The number of aliphatic hydroxyl groups excluding tert-OH is 4. The number of allylic oxidation sites excluding steroid dienone is 2. The van der Waals surface area contributed by atoms with E-state index in [0.29, 0.717) is 12.1 Å². The quantitative estimate of drug-likeness (QED) is 0.0921. The predicted molar refractivity (Wildman–Crippen MR) is 151 cm³/mol. The summed E-state index contributed by atoms with van der Waals surface area (Å²) in [7, 11) is 1.22. The van der Waals surface area contributed by atoms with Gasteiger partial charge in [-0.05, 0) is 37.3 Å². The van der Waals surface area contributed by atoms with Crippen molar-refractivity contribution in [3.05, 3.63) is 59.1 Å². The largest absolute Gasteiger partial charge is 0.478 e. The topological polar surface area (TPSA) is 216 Å². The van der Waals surface area contributed by atoms with Crippen molar-refractivity contribution in [3.8, 4) is 0 Å². The molecule has 3 aliphatic heterocycles. The molecule has 0 bridgehead atoms. The molecule has 0 aromatic heterocycles. The molecule has 4 rings (SSSR count). The van der Waals surface area contributed by atoms with Crippen LogP contribution in [0.5, 0.6) is 0 Å². The fraction of sp³-hybridized carbons (Fsp3) is 0.600. The van der Waals surface area contributed by atoms with Crippen LogP contribution in [0.2, 0.25) is 0 Å². The van der Waals surface area contributed by atoms with Gasteiger partial charge in [0.25, 0.3) is 0 Å². The number of carbonyl (C=O) groups excluding carboxylic acids is 1. The number of β-amino-alcohol motifs (C(OH)–C–C–N with tert-alkyl or cyclic N) is 1. The number of esters is 1. The number of methoxy groups -OCH3 is 1. The molecule has 1 aliphatic carbocycles. The van der Waals surface area contributed by atoms with Crippen LogP contribution < -0.4 is 0 Å². The fourth-order valence-electron chi connectivity index (χ4n) is 5.80. The number of aliphatic carboxylic acids is 1. The molecular weight excluding hydrogens is 582 g/mol. The number of hydrogen-bond acceptors (Lipinski definition) is 13. The van der Waals surface area contributed by atoms with E-state index in [4.69, 9.17) is 18.9 Å². The molecule has 14 nitrogen and oxygen atoms in total. The highest BCUT2D eigenvalue weighted by atomic mass is 16.8. The fourth-order valence-corrected chi connectivity index (χ4v) is 5.80. The monoisotopic (exact) mass is 623 g/mol. The lowest BCUT2D eigenvalue weighted by atomic mass is 9.80. The molecule has 0 radical (unpaired) electrons. The van der Waals surface area contributed by atoms with Crippen LogP contribution in [0.1, 0.15) is 32.1 Å². The maximum Gasteiger partial charge on any atom is 0.337 e. The molecule has 0 aromatic carbocycles. The van der Waals surface area contributed by atoms with Crippen molar-refractivity contribution in [3.63, 3.8) is 0 Å². The summed E-state index contributed by atoms with van der Waals surface area (Å²) < 4.78 is 22.3. The number of rotatable bonds is 10. The molecule has 44 heavy (non-hydrogen) atoms. The predicted octanol–water partition coefficient (Wildman–Crippen LogP) is -0.582. The van der Waals surface area contributed by atoms with Gasteiger partial charge in [-0.3, -0.25) is 0 Å². The zero-order valence-corrected chi connectivity index (χ0v) is 24.4. The third-order valence-electron chi connectivity index (χ3n) is 8.20. The lowest BCUT2D eigenvalue weighted by molar-refractivity contribution is -0.404. The molecule has 2 fully saturated rings. The third-order valence-corrected chi connectivity index (χ3v) is 8.20. The van der Waals surface area contributed by atoms with Gasteiger partial charge in [0.1, 0.15) is 12.2 Å². The Bertz CT molecular complexity index is 1200. The van der Waals surface area contributed by atoms with Gasteiger partial charge in [0.2, 0.25) is 12.1 Å². The minimum absolute atomic E-state index is 0.0164. The molecule has 0 spiro atoms. The van der Waals surface area contributed by atoms with Gasteiger partial charge in [0.15, 0.2) is 12.4 Å². The van der Waals surface area contributed by atoms with Gasteiger partial charge in [0, 0.05) is 25.2 Å². The molecular formula is C30H41NO13. The Hall–Kier alpha value is -3.08. The highest BCUT2D eigenvalue weighted by Gasteiger charge is 2.56. The summed E-state index contributed by atoms with van der Waals surface area (Å²) in [6.45, 7) is -0.483. The molecule has 7 unspecified atom stereocenters. The van der Waals surface area contributed by atoms with Gasteiger partial charge < -0.3 is 59.6 Å². The number of nitrogens with zero attached hydrogens (tertiary/aromatic N) is 1. The van der Waals surface area contributed by atoms with Gasteiger partial charge in [-0.1, -0.05) is 30.2 Å². The maximum absolute atomic E-state index is 12.9. The van der Waals surface area contributed by atoms with E-state index < -0.39 is 67.1 Å². The highest BCUT2D eigenvalue weighted by molar-refractivity contribution is 5.90. The SMILES string of the molecule is COC(=O)C1=COC(OC2OC(CO)C(O)C(O)(O)C2O)C(C=C2CCCCC2)C1C=CC1=CC(C(=O)O)=CN(CCO)C1. The number of hydrogen-bond donors (Lipinski definition) is 7. The minimum atomic E-state index is -3.07. The first-order chi connectivity index (χ1) is 21.0. The number of carbonyl (C=O) groups is 2. The molecule has 7 N–H and O–H groups in total. The first-order valence-corrected chi connectivity index (χ1v) is 14.5. The first-order valence-electron chi connectivity index (χ1n) is 14.5. The van der Waals surface area contributed by atoms with Gasteiger partial charge in [-0.25, -0.2) is 9.59 Å². The molecule has 0 aromatic rings. The van der Waals surface area contributed by atoms with E-state index in [0.717, 1.165) is 43.9 Å². The van der Waals surface area contributed by atoms with Crippen molar-refractivity contribution in [2.24, 2.45) is 11.8 Å². The Morgan fingerprint density at radius 3 is 2.48 bits per heavy atom. The van der Waals surface area contributed by atoms with Gasteiger partial charge >= 0.3 is 11.9 Å². The summed E-state index contributed by atoms with van der Waals surface area (Å²) in [5.74, 6) is -6.40. The standard InChI is InChI=1S/C30H41NO13/c1-41-27(38)22-16-42-28(44-29-25(35)30(39,40)24(34)23(15-33)43-29)21(12-17-5-3-2-4-6-17)20(22)8-7-18-11-19(26(36)37)14-31(13-18)9-10-32/h7-8,11-12,14,16,20-21,23-25,28-29,32-35,39-40H,2-6,9-10,13,15H2,1H3,(H,36,37). The van der Waals surface area contributed by atoms with Crippen molar-refractivity contribution in [1.82, 2.24) is 4.90 Å². The Morgan fingerprint density at radius 2 is 1.84 bits per heavy atom. The van der Waals surface area contributed by atoms with Crippen LogP contribution in [0.25, 0.3) is 0 Å². The van der Waals surface area contributed by atoms with Gasteiger partial charge in [-0.15, -0.1) is 0 Å². The van der Waals surface area contributed by atoms with Gasteiger partial charge in [-0.2, -0.15) is 0 Å². The van der Waals surface area contributed by atoms with Crippen LogP contribution in [0.15, 0.2) is 59.1 Å². The van der Waals surface area contributed by atoms with Crippen LogP contribution in [0.4, 0.5) is 0 Å². The first kappa shape index (κ1) is 33.8. The summed E-state index contributed by atoms with van der Waals surface area (Å²) in [6, 6.07) is 0. The van der Waals surface area contributed by atoms with Crippen molar-refractivity contribution in [2.75, 3.05) is 33.4 Å². The molecule has 7 atom stereocenters. The van der Waals surface area contributed by atoms with Crippen molar-refractivity contribution in [1.29, 1.82) is 0 Å². The van der Waals surface area contributed by atoms with E-state index >= 15 is 0 Å². The number of ether oxygens (including phenoxy) is 4. The molecule has 1 saturated heterocycles. The van der Waals surface area contributed by atoms with Crippen LogP contribution in [0, 0.1) is 11.8 Å². The molecule has 0 amide bonds. The van der Waals surface area contributed by atoms with Crippen LogP contribution in [-0.2, 0) is 28.5 Å². The zero-order chi connectivity index (χ0) is 32.0. The van der Waals surface area contributed by atoms with Crippen molar-refractivity contribution in [2.45, 2.75) is 68.8 Å². The Balaban J connectivity index is 1.72. The second-order valence-electron chi connectivity index (χ2n) is 11.3. The summed E-state index contributed by atoms with van der Waals surface area (Å²) in [6.07, 6.45) is 5.26. The Morgan fingerprint density at radius 1 is 1.11 bits per heavy atom. The third kappa shape index (κ3) is 7.58. The summed E-state index contributed by atoms with van der Waals surface area (Å²) >= 11 is 0. The molecule has 1 saturated carbocycles. The van der Waals surface area contributed by atoms with Crippen LogP contribution in [-0.4, -0.2) is 123 Å². The number of carboxylic acids is 1. The summed E-state index contributed by atoms with van der Waals surface area (Å²) in [5.41, 5.74) is 1.82. The number of carboxylic acid groups (broad SMARTS) is 1. The average molecular weight is 624 g/mol. The molecule has 4 aliphatic rings. The van der Waals surface area contributed by atoms with Crippen LogP contribution >= 0.6 is 0 Å². The molecule has 14 heteroatoms. The van der Waals surface area contributed by atoms with Crippen LogP contribution in [0.3, 0.4) is 0 Å². The van der Waals surface area contributed by atoms with E-state index in [1.165, 1.54) is 19.4 Å². The maximum atomic E-state index is 12.9. The molecule has 3 heterocycles. The average Bonchev–Trinajstić information content (AvgIpc) is 3.01. The van der Waals surface area contributed by atoms with E-state index in [1.54, 1.807) is 17.1 Å². The lowest BCUT2D eigenvalue weighted by Gasteiger charge is -2.46. The Kier molecular flexibility index (Phi) is 11.4. The second-order valence-corrected chi connectivity index (χ2v) is 11.3. The second kappa shape index (κ2) is 14.8. The van der Waals surface area contributed by atoms with E-state index in [9.17, 15) is 45.3 Å². The smallest absolute Gasteiger partial charge is 0.337 e. The van der Waals surface area contributed by atoms with Crippen molar-refractivity contribution < 1.29 is 64.3 Å². The molecule has 244 valence electrons. The zero-order valence-electron chi connectivity index (χ0n) is 24.4. The lowest BCUT2D eigenvalue weighted by Crippen LogP contribution is -2.68. The number of aliphatic hydroxyl groups is 6. The van der Waals surface area contributed by atoms with E-state index in [1.807, 2.05) is 6.08 Å². The van der Waals surface area contributed by atoms with E-state index in [-0.39, 0.29) is 24.3 Å². The van der Waals surface area contributed by atoms with Crippen molar-refractivity contribution >= 4 is 11.9 Å². The summed E-state index contributed by atoms with van der Waals surface area (Å²) in [4.78, 5) is 26.3. The normalized spacial score (nSPS) is 32.3. The highest BCUT2D eigenvalue weighted by Crippen LogP contribution is 2.39. The Labute approximate surface area is 254 Å².